The van der Waals surface area contributed by atoms with Crippen molar-refractivity contribution < 1.29 is 19.1 Å². The van der Waals surface area contributed by atoms with Gasteiger partial charge in [0.25, 0.3) is 5.91 Å². The van der Waals surface area contributed by atoms with Crippen molar-refractivity contribution >= 4 is 28.1 Å². The second-order valence-corrected chi connectivity index (χ2v) is 7.16. The SMILES string of the molecule is COc1ccc2cc(C(=O)NCC(O)c3ccc(-c4ccco4)s3)[nH]c2c1. The predicted molar refractivity (Wildman–Crippen MR) is 104 cm³/mol. The van der Waals surface area contributed by atoms with E-state index in [1.54, 1.807) is 19.4 Å². The maximum Gasteiger partial charge on any atom is 0.267 e. The molecule has 6 nitrogen and oxygen atoms in total. The molecular formula is C20H18N2O4S. The first-order valence-corrected chi connectivity index (χ1v) is 9.22. The van der Waals surface area contributed by atoms with E-state index in [9.17, 15) is 9.90 Å². The Bertz CT molecular complexity index is 1060. The normalized spacial score (nSPS) is 12.2. The van der Waals surface area contributed by atoms with Crippen LogP contribution in [0.2, 0.25) is 0 Å². The lowest BCUT2D eigenvalue weighted by atomic mass is 10.2. The van der Waals surface area contributed by atoms with Crippen LogP contribution in [0.15, 0.2) is 59.2 Å². The summed E-state index contributed by atoms with van der Waals surface area (Å²) in [4.78, 5) is 17.2. The Balaban J connectivity index is 1.41. The van der Waals surface area contributed by atoms with Gasteiger partial charge in [-0.05, 0) is 42.5 Å². The molecule has 4 rings (SSSR count). The lowest BCUT2D eigenvalue weighted by molar-refractivity contribution is 0.0914. The quantitative estimate of drug-likeness (QED) is 0.471. The molecule has 0 aliphatic heterocycles. The van der Waals surface area contributed by atoms with Crippen molar-refractivity contribution in [3.63, 3.8) is 0 Å². The highest BCUT2D eigenvalue weighted by atomic mass is 32.1. The Kier molecular flexibility index (Phi) is 4.70. The number of aromatic nitrogens is 1. The van der Waals surface area contributed by atoms with Crippen LogP contribution in [0.1, 0.15) is 21.5 Å². The zero-order valence-electron chi connectivity index (χ0n) is 14.6. The highest BCUT2D eigenvalue weighted by molar-refractivity contribution is 7.15. The number of rotatable bonds is 6. The van der Waals surface area contributed by atoms with E-state index in [2.05, 4.69) is 10.3 Å². The van der Waals surface area contributed by atoms with Gasteiger partial charge in [0.05, 0.1) is 18.3 Å². The fourth-order valence-corrected chi connectivity index (χ4v) is 3.79. The first-order valence-electron chi connectivity index (χ1n) is 8.40. The van der Waals surface area contributed by atoms with E-state index >= 15 is 0 Å². The van der Waals surface area contributed by atoms with Crippen LogP contribution < -0.4 is 10.1 Å². The number of fused-ring (bicyclic) bond motifs is 1. The van der Waals surface area contributed by atoms with Crippen molar-refractivity contribution in [2.75, 3.05) is 13.7 Å². The van der Waals surface area contributed by atoms with Gasteiger partial charge in [-0.1, -0.05) is 0 Å². The Labute approximate surface area is 159 Å². The number of nitrogens with one attached hydrogen (secondary N) is 2. The fourth-order valence-electron chi connectivity index (χ4n) is 2.82. The van der Waals surface area contributed by atoms with Crippen LogP contribution >= 0.6 is 11.3 Å². The number of H-pyrrole nitrogens is 1. The fraction of sp³-hybridized carbons (Fsp3) is 0.150. The van der Waals surface area contributed by atoms with Crippen molar-refractivity contribution in [2.45, 2.75) is 6.10 Å². The summed E-state index contributed by atoms with van der Waals surface area (Å²) in [5, 5.41) is 14.1. The predicted octanol–water partition coefficient (Wildman–Crippen LogP) is 3.96. The minimum atomic E-state index is -0.785. The molecule has 0 spiro atoms. The third kappa shape index (κ3) is 3.60. The molecule has 1 amide bonds. The van der Waals surface area contributed by atoms with Crippen LogP contribution in [-0.4, -0.2) is 29.7 Å². The van der Waals surface area contributed by atoms with Gasteiger partial charge in [-0.25, -0.2) is 0 Å². The number of hydrogen-bond donors (Lipinski definition) is 3. The number of aliphatic hydroxyl groups excluding tert-OH is 1. The second-order valence-electron chi connectivity index (χ2n) is 6.04. The van der Waals surface area contributed by atoms with Crippen molar-refractivity contribution in [3.05, 3.63) is 65.4 Å². The molecule has 0 saturated carbocycles. The van der Waals surface area contributed by atoms with E-state index in [0.29, 0.717) is 5.69 Å². The van der Waals surface area contributed by atoms with Gasteiger partial charge < -0.3 is 24.6 Å². The molecule has 0 aliphatic carbocycles. The van der Waals surface area contributed by atoms with Gasteiger partial charge in [0.15, 0.2) is 0 Å². The van der Waals surface area contributed by atoms with Gasteiger partial charge in [0.2, 0.25) is 0 Å². The molecule has 1 unspecified atom stereocenters. The first-order chi connectivity index (χ1) is 13.1. The van der Waals surface area contributed by atoms with Crippen LogP contribution in [0.3, 0.4) is 0 Å². The molecule has 3 N–H and O–H groups in total. The molecule has 0 fully saturated rings. The molecule has 3 heterocycles. The van der Waals surface area contributed by atoms with Crippen molar-refractivity contribution in [3.8, 4) is 16.4 Å². The maximum atomic E-state index is 12.4. The van der Waals surface area contributed by atoms with Crippen molar-refractivity contribution in [1.29, 1.82) is 0 Å². The van der Waals surface area contributed by atoms with Crippen molar-refractivity contribution in [1.82, 2.24) is 10.3 Å². The average Bonchev–Trinajstić information content (AvgIpc) is 3.44. The average molecular weight is 382 g/mol. The maximum absolute atomic E-state index is 12.4. The number of benzene rings is 1. The number of aliphatic hydroxyl groups is 1. The van der Waals surface area contributed by atoms with Crippen molar-refractivity contribution in [2.24, 2.45) is 0 Å². The topological polar surface area (TPSA) is 87.5 Å². The van der Waals surface area contributed by atoms with E-state index in [4.69, 9.17) is 9.15 Å². The summed E-state index contributed by atoms with van der Waals surface area (Å²) in [6.45, 7) is 0.121. The van der Waals surface area contributed by atoms with Crippen LogP contribution in [-0.2, 0) is 0 Å². The Hall–Kier alpha value is -3.03. The third-order valence-corrected chi connectivity index (χ3v) is 5.45. The molecule has 1 aromatic carbocycles. The number of thiophene rings is 1. The van der Waals surface area contributed by atoms with Crippen LogP contribution in [0.5, 0.6) is 5.75 Å². The summed E-state index contributed by atoms with van der Waals surface area (Å²) in [7, 11) is 1.60. The molecule has 0 radical (unpaired) electrons. The van der Waals surface area contributed by atoms with Gasteiger partial charge in [0.1, 0.15) is 23.3 Å². The standard InChI is InChI=1S/C20H18N2O4S/c1-25-13-5-4-12-9-15(22-14(12)10-13)20(24)21-11-16(23)18-6-7-19(27-18)17-3-2-8-26-17/h2-10,16,22-23H,11H2,1H3,(H,21,24). The Morgan fingerprint density at radius 2 is 2.19 bits per heavy atom. The lowest BCUT2D eigenvalue weighted by Gasteiger charge is -2.09. The van der Waals surface area contributed by atoms with Gasteiger partial charge in [-0.3, -0.25) is 4.79 Å². The third-order valence-electron chi connectivity index (χ3n) is 4.25. The second kappa shape index (κ2) is 7.30. The van der Waals surface area contributed by atoms with Gasteiger partial charge in [-0.15, -0.1) is 11.3 Å². The zero-order valence-corrected chi connectivity index (χ0v) is 15.4. The molecule has 7 heteroatoms. The number of furan rings is 1. The molecule has 27 heavy (non-hydrogen) atoms. The Morgan fingerprint density at radius 3 is 2.96 bits per heavy atom. The van der Waals surface area contributed by atoms with Crippen LogP contribution in [0.4, 0.5) is 0 Å². The summed E-state index contributed by atoms with van der Waals surface area (Å²) in [5.41, 5.74) is 1.26. The van der Waals surface area contributed by atoms with Gasteiger partial charge in [-0.2, -0.15) is 0 Å². The minimum absolute atomic E-state index is 0.121. The zero-order chi connectivity index (χ0) is 18.8. The summed E-state index contributed by atoms with van der Waals surface area (Å²) < 4.78 is 10.5. The summed E-state index contributed by atoms with van der Waals surface area (Å²) in [6.07, 6.45) is 0.827. The number of amides is 1. The van der Waals surface area contributed by atoms with Gasteiger partial charge in [0, 0.05) is 28.4 Å². The Morgan fingerprint density at radius 1 is 1.30 bits per heavy atom. The largest absolute Gasteiger partial charge is 0.497 e. The number of aromatic amines is 1. The molecule has 4 aromatic rings. The number of hydrogen-bond acceptors (Lipinski definition) is 5. The molecule has 0 aliphatic rings. The molecular weight excluding hydrogens is 364 g/mol. The van der Waals surface area contributed by atoms with E-state index in [-0.39, 0.29) is 12.5 Å². The van der Waals surface area contributed by atoms with E-state index < -0.39 is 6.10 Å². The first kappa shape index (κ1) is 17.4. The summed E-state index contributed by atoms with van der Waals surface area (Å²) in [6, 6.07) is 14.8. The highest BCUT2D eigenvalue weighted by Crippen LogP contribution is 2.31. The van der Waals surface area contributed by atoms with Gasteiger partial charge >= 0.3 is 0 Å². The molecule has 138 valence electrons. The molecule has 1 atom stereocenters. The van der Waals surface area contributed by atoms with E-state index in [1.165, 1.54) is 11.3 Å². The summed E-state index contributed by atoms with van der Waals surface area (Å²) >= 11 is 1.44. The van der Waals surface area contributed by atoms with E-state index in [0.717, 1.165) is 32.2 Å². The number of carbonyl (C=O) groups is 1. The number of carbonyl (C=O) groups excluding carboxylic acids is 1. The van der Waals surface area contributed by atoms with Crippen LogP contribution in [0.25, 0.3) is 21.5 Å². The molecule has 0 bridgehead atoms. The minimum Gasteiger partial charge on any atom is -0.497 e. The monoisotopic (exact) mass is 382 g/mol. The smallest absolute Gasteiger partial charge is 0.267 e. The van der Waals surface area contributed by atoms with Crippen LogP contribution in [0, 0.1) is 0 Å². The molecule has 3 aromatic heterocycles. The number of methoxy groups -OCH3 is 1. The van der Waals surface area contributed by atoms with E-state index in [1.807, 2.05) is 42.5 Å². The summed E-state index contributed by atoms with van der Waals surface area (Å²) in [5.74, 6) is 1.21. The lowest BCUT2D eigenvalue weighted by Crippen LogP contribution is -2.28. The highest BCUT2D eigenvalue weighted by Gasteiger charge is 2.15. The number of ether oxygens (including phenoxy) is 1. The molecule has 0 saturated heterocycles.